The molecule has 0 aliphatic carbocycles. The molecule has 0 saturated carbocycles. The van der Waals surface area contributed by atoms with Crippen molar-refractivity contribution in [2.45, 2.75) is 37.1 Å². The van der Waals surface area contributed by atoms with Crippen molar-refractivity contribution < 1.29 is 32.3 Å². The minimum absolute atomic E-state index is 0.0956. The van der Waals surface area contributed by atoms with Crippen LogP contribution in [-0.4, -0.2) is 70.1 Å². The van der Waals surface area contributed by atoms with Crippen molar-refractivity contribution in [3.8, 4) is 0 Å². The van der Waals surface area contributed by atoms with Gasteiger partial charge in [0.15, 0.2) is 6.61 Å². The SMILES string of the molecule is COCCNC(=O)NC(=O)COC(=O)C1CCCCN1S(=O)(=O)c1ccc(C)cc1. The summed E-state index contributed by atoms with van der Waals surface area (Å²) in [5, 5.41) is 4.41. The second-order valence-corrected chi connectivity index (χ2v) is 8.74. The number of benzene rings is 1. The zero-order valence-corrected chi connectivity index (χ0v) is 17.9. The Morgan fingerprint density at radius 1 is 1.17 bits per heavy atom. The molecule has 0 radical (unpaired) electrons. The van der Waals surface area contributed by atoms with Crippen LogP contribution in [0.5, 0.6) is 0 Å². The average Bonchev–Trinajstić information content (AvgIpc) is 2.72. The standard InChI is InChI=1S/C19H27N3O7S/c1-14-6-8-15(9-7-14)30(26,27)22-11-4-3-5-16(22)18(24)29-13-17(23)21-19(25)20-10-12-28-2/h6-9,16H,3-5,10-13H2,1-2H3,(H2,20,21,23,25). The first kappa shape index (κ1) is 23.8. The zero-order chi connectivity index (χ0) is 22.1. The van der Waals surface area contributed by atoms with E-state index in [1.54, 1.807) is 12.1 Å². The highest BCUT2D eigenvalue weighted by Gasteiger charge is 2.38. The van der Waals surface area contributed by atoms with Crippen molar-refractivity contribution >= 4 is 27.9 Å². The van der Waals surface area contributed by atoms with E-state index in [0.717, 1.165) is 9.87 Å². The van der Waals surface area contributed by atoms with Crippen LogP contribution in [0.15, 0.2) is 29.2 Å². The number of imide groups is 1. The molecule has 1 aromatic carbocycles. The molecule has 1 atom stereocenters. The summed E-state index contributed by atoms with van der Waals surface area (Å²) < 4.78 is 36.9. The maximum atomic E-state index is 13.0. The van der Waals surface area contributed by atoms with E-state index in [2.05, 4.69) is 5.32 Å². The minimum atomic E-state index is -3.89. The monoisotopic (exact) mass is 441 g/mol. The first-order valence-corrected chi connectivity index (χ1v) is 11.0. The van der Waals surface area contributed by atoms with E-state index in [0.29, 0.717) is 19.3 Å². The van der Waals surface area contributed by atoms with Gasteiger partial charge >= 0.3 is 12.0 Å². The predicted octanol–water partition coefficient (Wildman–Crippen LogP) is 0.554. The third kappa shape index (κ3) is 6.51. The number of urea groups is 1. The summed E-state index contributed by atoms with van der Waals surface area (Å²) in [6.07, 6.45) is 1.58. The number of piperidine rings is 1. The number of rotatable bonds is 8. The normalized spacial score (nSPS) is 17.2. The van der Waals surface area contributed by atoms with Crippen molar-refractivity contribution in [1.29, 1.82) is 0 Å². The van der Waals surface area contributed by atoms with Crippen LogP contribution in [0.1, 0.15) is 24.8 Å². The molecule has 2 N–H and O–H groups in total. The van der Waals surface area contributed by atoms with Crippen molar-refractivity contribution in [3.05, 3.63) is 29.8 Å². The van der Waals surface area contributed by atoms with E-state index >= 15 is 0 Å². The first-order chi connectivity index (χ1) is 14.3. The van der Waals surface area contributed by atoms with Gasteiger partial charge in [0.25, 0.3) is 5.91 Å². The largest absolute Gasteiger partial charge is 0.454 e. The fourth-order valence-electron chi connectivity index (χ4n) is 2.98. The Balaban J connectivity index is 1.97. The molecule has 1 aromatic rings. The van der Waals surface area contributed by atoms with Crippen LogP contribution < -0.4 is 10.6 Å². The summed E-state index contributed by atoms with van der Waals surface area (Å²) in [6.45, 7) is 1.84. The number of hydrogen-bond donors (Lipinski definition) is 2. The number of esters is 1. The number of sulfonamides is 1. The molecule has 1 aliphatic heterocycles. The molecule has 166 valence electrons. The molecular formula is C19H27N3O7S. The van der Waals surface area contributed by atoms with Crippen LogP contribution in [0.25, 0.3) is 0 Å². The molecule has 0 aromatic heterocycles. The number of methoxy groups -OCH3 is 1. The molecule has 1 fully saturated rings. The Hall–Kier alpha value is -2.50. The predicted molar refractivity (Wildman–Crippen MR) is 107 cm³/mol. The summed E-state index contributed by atoms with van der Waals surface area (Å²) in [7, 11) is -2.42. The van der Waals surface area contributed by atoms with E-state index in [4.69, 9.17) is 9.47 Å². The highest BCUT2D eigenvalue weighted by molar-refractivity contribution is 7.89. The van der Waals surface area contributed by atoms with Gasteiger partial charge in [-0.1, -0.05) is 17.7 Å². The molecule has 1 heterocycles. The van der Waals surface area contributed by atoms with E-state index in [-0.39, 0.29) is 24.6 Å². The molecule has 1 unspecified atom stereocenters. The second kappa shape index (κ2) is 11.0. The number of nitrogens with one attached hydrogen (secondary N) is 2. The number of nitrogens with zero attached hydrogens (tertiary/aromatic N) is 1. The summed E-state index contributed by atoms with van der Waals surface area (Å²) in [5.74, 6) is -1.64. The number of aryl methyl sites for hydroxylation is 1. The molecular weight excluding hydrogens is 414 g/mol. The van der Waals surface area contributed by atoms with Crippen LogP contribution in [0.3, 0.4) is 0 Å². The third-order valence-corrected chi connectivity index (χ3v) is 6.47. The number of ether oxygens (including phenoxy) is 2. The minimum Gasteiger partial charge on any atom is -0.454 e. The van der Waals surface area contributed by atoms with Gasteiger partial charge in [0, 0.05) is 20.2 Å². The molecule has 1 saturated heterocycles. The fraction of sp³-hybridized carbons (Fsp3) is 0.526. The summed E-state index contributed by atoms with van der Waals surface area (Å²) in [5.41, 5.74) is 0.917. The van der Waals surface area contributed by atoms with Gasteiger partial charge < -0.3 is 14.8 Å². The van der Waals surface area contributed by atoms with E-state index in [1.807, 2.05) is 12.2 Å². The number of hydrogen-bond acceptors (Lipinski definition) is 7. The molecule has 0 spiro atoms. The lowest BCUT2D eigenvalue weighted by Gasteiger charge is -2.32. The number of carbonyl (C=O) groups excluding carboxylic acids is 3. The molecule has 3 amide bonds. The van der Waals surface area contributed by atoms with Gasteiger partial charge in [-0.25, -0.2) is 13.2 Å². The topological polar surface area (TPSA) is 131 Å². The Bertz CT molecular complexity index is 855. The Labute approximate surface area is 176 Å². The van der Waals surface area contributed by atoms with Crippen LogP contribution in [0.2, 0.25) is 0 Å². The maximum Gasteiger partial charge on any atom is 0.324 e. The second-order valence-electron chi connectivity index (χ2n) is 6.84. The first-order valence-electron chi connectivity index (χ1n) is 9.57. The van der Waals surface area contributed by atoms with Gasteiger partial charge in [0.05, 0.1) is 11.5 Å². The van der Waals surface area contributed by atoms with Crippen LogP contribution in [0, 0.1) is 6.92 Å². The van der Waals surface area contributed by atoms with E-state index in [9.17, 15) is 22.8 Å². The summed E-state index contributed by atoms with van der Waals surface area (Å²) in [4.78, 5) is 35.9. The lowest BCUT2D eigenvalue weighted by Crippen LogP contribution is -2.49. The van der Waals surface area contributed by atoms with Crippen LogP contribution in [-0.2, 0) is 29.1 Å². The fourth-order valence-corrected chi connectivity index (χ4v) is 4.63. The van der Waals surface area contributed by atoms with Crippen LogP contribution in [0.4, 0.5) is 4.79 Å². The summed E-state index contributed by atoms with van der Waals surface area (Å²) in [6, 6.07) is 4.61. The van der Waals surface area contributed by atoms with E-state index in [1.165, 1.54) is 19.2 Å². The lowest BCUT2D eigenvalue weighted by molar-refractivity contribution is -0.152. The van der Waals surface area contributed by atoms with Crippen molar-refractivity contribution in [2.24, 2.45) is 0 Å². The quantitative estimate of drug-likeness (QED) is 0.445. The smallest absolute Gasteiger partial charge is 0.324 e. The Morgan fingerprint density at radius 3 is 2.53 bits per heavy atom. The van der Waals surface area contributed by atoms with Crippen molar-refractivity contribution in [2.75, 3.05) is 33.4 Å². The van der Waals surface area contributed by atoms with Gasteiger partial charge in [-0.15, -0.1) is 0 Å². The number of amides is 3. The molecule has 11 heteroatoms. The molecule has 10 nitrogen and oxygen atoms in total. The lowest BCUT2D eigenvalue weighted by atomic mass is 10.1. The Morgan fingerprint density at radius 2 is 1.87 bits per heavy atom. The van der Waals surface area contributed by atoms with Crippen molar-refractivity contribution in [3.63, 3.8) is 0 Å². The Kier molecular flexibility index (Phi) is 8.75. The number of carbonyl (C=O) groups is 3. The van der Waals surface area contributed by atoms with Crippen molar-refractivity contribution in [1.82, 2.24) is 14.9 Å². The highest BCUT2D eigenvalue weighted by atomic mass is 32.2. The van der Waals surface area contributed by atoms with Gasteiger partial charge in [-0.3, -0.25) is 14.9 Å². The maximum absolute atomic E-state index is 13.0. The highest BCUT2D eigenvalue weighted by Crippen LogP contribution is 2.26. The van der Waals surface area contributed by atoms with Gasteiger partial charge in [0.1, 0.15) is 6.04 Å². The summed E-state index contributed by atoms with van der Waals surface area (Å²) >= 11 is 0. The van der Waals surface area contributed by atoms with E-state index < -0.39 is 40.6 Å². The molecule has 0 bridgehead atoms. The molecule has 2 rings (SSSR count). The van der Waals surface area contributed by atoms with Crippen LogP contribution >= 0.6 is 0 Å². The average molecular weight is 442 g/mol. The van der Waals surface area contributed by atoms with Gasteiger partial charge in [-0.2, -0.15) is 4.31 Å². The van der Waals surface area contributed by atoms with Gasteiger partial charge in [-0.05, 0) is 38.3 Å². The molecule has 1 aliphatic rings. The zero-order valence-electron chi connectivity index (χ0n) is 17.0. The molecule has 30 heavy (non-hydrogen) atoms. The van der Waals surface area contributed by atoms with Gasteiger partial charge in [0.2, 0.25) is 10.0 Å². The third-order valence-electron chi connectivity index (χ3n) is 4.54.